The molecular formula is C10H22N2O. The van der Waals surface area contributed by atoms with E-state index in [0.717, 1.165) is 6.54 Å². The third-order valence-electron chi connectivity index (χ3n) is 1.86. The number of nitrogens with zero attached hydrogens (tertiary/aromatic N) is 1. The molecule has 0 saturated heterocycles. The lowest BCUT2D eigenvalue weighted by Gasteiger charge is -2.28. The number of hydrogen-bond acceptors (Lipinski definition) is 2. The van der Waals surface area contributed by atoms with Crippen molar-refractivity contribution in [1.29, 1.82) is 0 Å². The summed E-state index contributed by atoms with van der Waals surface area (Å²) in [5, 5.41) is 0. The van der Waals surface area contributed by atoms with Crippen molar-refractivity contribution in [2.24, 2.45) is 17.1 Å². The van der Waals surface area contributed by atoms with Crippen LogP contribution in [0.4, 0.5) is 0 Å². The fraction of sp³-hybridized carbons (Fsp3) is 0.900. The number of nitrogens with two attached hydrogens (primary N) is 1. The summed E-state index contributed by atoms with van der Waals surface area (Å²) in [6, 6.07) is 0. The topological polar surface area (TPSA) is 46.3 Å². The summed E-state index contributed by atoms with van der Waals surface area (Å²) in [6.45, 7) is 9.41. The molecule has 0 rings (SSSR count). The lowest BCUT2D eigenvalue weighted by atomic mass is 9.95. The fourth-order valence-electron chi connectivity index (χ4n) is 1.27. The molecule has 0 aromatic carbocycles. The van der Waals surface area contributed by atoms with E-state index >= 15 is 0 Å². The molecule has 0 saturated carbocycles. The van der Waals surface area contributed by atoms with E-state index in [9.17, 15) is 4.79 Å². The zero-order valence-electron chi connectivity index (χ0n) is 9.42. The molecule has 0 aliphatic carbocycles. The van der Waals surface area contributed by atoms with Crippen molar-refractivity contribution in [1.82, 2.24) is 4.90 Å². The normalized spacial score (nSPS) is 14.0. The molecule has 0 aliphatic rings. The minimum atomic E-state index is -0.0626. The van der Waals surface area contributed by atoms with Gasteiger partial charge in [0.05, 0.1) is 0 Å². The maximum Gasteiger partial charge on any atom is 0.226 e. The molecule has 1 amide bonds. The Kier molecular flexibility index (Phi) is 4.40. The highest BCUT2D eigenvalue weighted by molar-refractivity contribution is 5.78. The largest absolute Gasteiger partial charge is 0.345 e. The average molecular weight is 186 g/mol. The van der Waals surface area contributed by atoms with Gasteiger partial charge in [-0.05, 0) is 5.41 Å². The number of hydrogen-bond donors (Lipinski definition) is 1. The zero-order chi connectivity index (χ0) is 10.6. The van der Waals surface area contributed by atoms with Crippen molar-refractivity contribution in [3.05, 3.63) is 0 Å². The van der Waals surface area contributed by atoms with Gasteiger partial charge in [-0.1, -0.05) is 27.7 Å². The lowest BCUT2D eigenvalue weighted by molar-refractivity contribution is -0.134. The summed E-state index contributed by atoms with van der Waals surface area (Å²) in [5.74, 6) is 0.0739. The molecule has 1 unspecified atom stereocenters. The van der Waals surface area contributed by atoms with Gasteiger partial charge in [-0.25, -0.2) is 0 Å². The van der Waals surface area contributed by atoms with E-state index in [4.69, 9.17) is 5.73 Å². The quantitative estimate of drug-likeness (QED) is 0.717. The zero-order valence-corrected chi connectivity index (χ0v) is 9.42. The van der Waals surface area contributed by atoms with E-state index in [-0.39, 0.29) is 17.2 Å². The smallest absolute Gasteiger partial charge is 0.226 e. The van der Waals surface area contributed by atoms with Gasteiger partial charge in [0.2, 0.25) is 5.91 Å². The van der Waals surface area contributed by atoms with Crippen molar-refractivity contribution < 1.29 is 4.79 Å². The molecule has 0 heterocycles. The van der Waals surface area contributed by atoms with Crippen LogP contribution in [0, 0.1) is 11.3 Å². The Hall–Kier alpha value is -0.570. The number of carbonyl (C=O) groups excluding carboxylic acids is 1. The molecule has 2 N–H and O–H groups in total. The van der Waals surface area contributed by atoms with Gasteiger partial charge in [-0.15, -0.1) is 0 Å². The first-order valence-corrected chi connectivity index (χ1v) is 4.73. The van der Waals surface area contributed by atoms with Crippen LogP contribution in [0.1, 0.15) is 27.7 Å². The monoisotopic (exact) mass is 186 g/mol. The molecule has 0 aromatic heterocycles. The summed E-state index contributed by atoms with van der Waals surface area (Å²) in [6.07, 6.45) is 0. The van der Waals surface area contributed by atoms with Crippen LogP contribution in [0.3, 0.4) is 0 Å². The van der Waals surface area contributed by atoms with Crippen LogP contribution in [0.5, 0.6) is 0 Å². The second-order valence-electron chi connectivity index (χ2n) is 4.89. The summed E-state index contributed by atoms with van der Waals surface area (Å²) < 4.78 is 0. The first-order valence-electron chi connectivity index (χ1n) is 4.73. The Bertz CT molecular complexity index is 172. The van der Waals surface area contributed by atoms with Crippen LogP contribution in [-0.2, 0) is 4.79 Å². The van der Waals surface area contributed by atoms with Gasteiger partial charge < -0.3 is 10.6 Å². The van der Waals surface area contributed by atoms with Crippen molar-refractivity contribution in [3.8, 4) is 0 Å². The van der Waals surface area contributed by atoms with Gasteiger partial charge in [0.15, 0.2) is 0 Å². The highest BCUT2D eigenvalue weighted by Gasteiger charge is 2.20. The molecule has 1 atom stereocenters. The Labute approximate surface area is 81.3 Å². The van der Waals surface area contributed by atoms with Crippen LogP contribution in [0.25, 0.3) is 0 Å². The van der Waals surface area contributed by atoms with Gasteiger partial charge in [0, 0.05) is 26.1 Å². The maximum atomic E-state index is 11.6. The van der Waals surface area contributed by atoms with E-state index in [1.54, 1.807) is 4.90 Å². The third kappa shape index (κ3) is 4.88. The molecule has 0 aliphatic heterocycles. The molecule has 3 heteroatoms. The molecule has 0 aromatic rings. The highest BCUT2D eigenvalue weighted by Crippen LogP contribution is 2.15. The van der Waals surface area contributed by atoms with Gasteiger partial charge in [0.25, 0.3) is 0 Å². The second kappa shape index (κ2) is 4.61. The Morgan fingerprint density at radius 1 is 1.46 bits per heavy atom. The first-order chi connectivity index (χ1) is 5.78. The van der Waals surface area contributed by atoms with E-state index in [0.29, 0.717) is 6.54 Å². The molecule has 3 nitrogen and oxygen atoms in total. The van der Waals surface area contributed by atoms with Gasteiger partial charge >= 0.3 is 0 Å². The Balaban J connectivity index is 4.12. The van der Waals surface area contributed by atoms with Crippen LogP contribution < -0.4 is 5.73 Å². The Morgan fingerprint density at radius 2 is 1.92 bits per heavy atom. The van der Waals surface area contributed by atoms with Crippen LogP contribution >= 0.6 is 0 Å². The average Bonchev–Trinajstić information content (AvgIpc) is 1.98. The number of rotatable bonds is 3. The molecule has 0 radical (unpaired) electrons. The van der Waals surface area contributed by atoms with E-state index in [1.165, 1.54) is 0 Å². The van der Waals surface area contributed by atoms with Gasteiger partial charge in [-0.2, -0.15) is 0 Å². The predicted molar refractivity (Wildman–Crippen MR) is 55.3 cm³/mol. The molecule has 0 spiro atoms. The molecule has 0 bridgehead atoms. The summed E-state index contributed by atoms with van der Waals surface area (Å²) in [4.78, 5) is 13.4. The van der Waals surface area contributed by atoms with E-state index in [2.05, 4.69) is 20.8 Å². The van der Waals surface area contributed by atoms with Crippen molar-refractivity contribution in [2.75, 3.05) is 20.1 Å². The first kappa shape index (κ1) is 12.4. The Morgan fingerprint density at radius 3 is 2.23 bits per heavy atom. The van der Waals surface area contributed by atoms with Crippen molar-refractivity contribution >= 4 is 5.91 Å². The predicted octanol–water partition coefficient (Wildman–Crippen LogP) is 1.09. The SMILES string of the molecule is CC(CN)C(=O)N(C)CC(C)(C)C. The number of carbonyl (C=O) groups is 1. The summed E-state index contributed by atoms with van der Waals surface area (Å²) in [7, 11) is 1.83. The molecular weight excluding hydrogens is 164 g/mol. The van der Waals surface area contributed by atoms with Crippen LogP contribution in [0.2, 0.25) is 0 Å². The maximum absolute atomic E-state index is 11.6. The standard InChI is InChI=1S/C10H22N2O/c1-8(6-11)9(13)12(5)7-10(2,3)4/h8H,6-7,11H2,1-5H3. The minimum absolute atomic E-state index is 0.0626. The molecule has 78 valence electrons. The number of amides is 1. The minimum Gasteiger partial charge on any atom is -0.345 e. The summed E-state index contributed by atoms with van der Waals surface area (Å²) >= 11 is 0. The lowest BCUT2D eigenvalue weighted by Crippen LogP contribution is -2.39. The van der Waals surface area contributed by atoms with Gasteiger partial charge in [0.1, 0.15) is 0 Å². The van der Waals surface area contributed by atoms with E-state index < -0.39 is 0 Å². The third-order valence-corrected chi connectivity index (χ3v) is 1.86. The summed E-state index contributed by atoms with van der Waals surface area (Å²) in [5.41, 5.74) is 5.58. The fourth-order valence-corrected chi connectivity index (χ4v) is 1.27. The molecule has 13 heavy (non-hydrogen) atoms. The second-order valence-corrected chi connectivity index (χ2v) is 4.89. The van der Waals surface area contributed by atoms with E-state index in [1.807, 2.05) is 14.0 Å². The van der Waals surface area contributed by atoms with Gasteiger partial charge in [-0.3, -0.25) is 4.79 Å². The van der Waals surface area contributed by atoms with Crippen molar-refractivity contribution in [2.45, 2.75) is 27.7 Å². The van der Waals surface area contributed by atoms with Crippen molar-refractivity contribution in [3.63, 3.8) is 0 Å². The molecule has 0 fully saturated rings. The highest BCUT2D eigenvalue weighted by atomic mass is 16.2. The van der Waals surface area contributed by atoms with Crippen LogP contribution in [-0.4, -0.2) is 30.9 Å². The van der Waals surface area contributed by atoms with Crippen LogP contribution in [0.15, 0.2) is 0 Å².